The van der Waals surface area contributed by atoms with Crippen LogP contribution in [0.4, 0.5) is 5.69 Å². The Balaban J connectivity index is 1.84. The van der Waals surface area contributed by atoms with Crippen molar-refractivity contribution in [2.75, 3.05) is 18.0 Å². The summed E-state index contributed by atoms with van der Waals surface area (Å²) in [5, 5.41) is 3.07. The number of hydrogen-bond donors (Lipinski definition) is 1. The molecule has 0 heterocycles. The van der Waals surface area contributed by atoms with Crippen molar-refractivity contribution < 1.29 is 22.7 Å². The van der Waals surface area contributed by atoms with Crippen molar-refractivity contribution in [1.82, 2.24) is 10.2 Å². The van der Waals surface area contributed by atoms with Gasteiger partial charge >= 0.3 is 0 Å². The van der Waals surface area contributed by atoms with Gasteiger partial charge in [-0.3, -0.25) is 13.9 Å². The van der Waals surface area contributed by atoms with Gasteiger partial charge in [0.25, 0.3) is 10.0 Å². The number of carbonyl (C=O) groups excluding carboxylic acids is 2. The first-order valence-electron chi connectivity index (χ1n) is 15.5. The van der Waals surface area contributed by atoms with E-state index in [9.17, 15) is 18.0 Å². The Morgan fingerprint density at radius 1 is 0.848 bits per heavy atom. The summed E-state index contributed by atoms with van der Waals surface area (Å²) >= 11 is 0. The molecule has 2 amide bonds. The van der Waals surface area contributed by atoms with Crippen LogP contribution >= 0.6 is 0 Å². The maximum atomic E-state index is 14.7. The van der Waals surface area contributed by atoms with Crippen LogP contribution in [0, 0.1) is 13.8 Å². The topological polar surface area (TPSA) is 96.0 Å². The Labute approximate surface area is 273 Å². The quantitative estimate of drug-likeness (QED) is 0.181. The molecule has 2 unspecified atom stereocenters. The van der Waals surface area contributed by atoms with Crippen LogP contribution in [-0.4, -0.2) is 50.9 Å². The van der Waals surface area contributed by atoms with E-state index in [1.165, 1.54) is 24.1 Å². The van der Waals surface area contributed by atoms with E-state index < -0.39 is 28.5 Å². The molecule has 0 aliphatic carbocycles. The summed E-state index contributed by atoms with van der Waals surface area (Å²) in [4.78, 5) is 30.2. The molecule has 242 valence electrons. The molecule has 0 aliphatic heterocycles. The van der Waals surface area contributed by atoms with Gasteiger partial charge in [-0.1, -0.05) is 91.3 Å². The van der Waals surface area contributed by atoms with Crippen molar-refractivity contribution in [3.8, 4) is 5.75 Å². The third-order valence-corrected chi connectivity index (χ3v) is 9.89. The Morgan fingerprint density at radius 2 is 1.48 bits per heavy atom. The first-order chi connectivity index (χ1) is 22.0. The van der Waals surface area contributed by atoms with Crippen LogP contribution in [0.3, 0.4) is 0 Å². The molecule has 4 aromatic rings. The highest BCUT2D eigenvalue weighted by atomic mass is 32.2. The van der Waals surface area contributed by atoms with Gasteiger partial charge in [0.05, 0.1) is 17.7 Å². The number of anilines is 1. The summed E-state index contributed by atoms with van der Waals surface area (Å²) in [5.41, 5.74) is 3.81. The standard InChI is InChI=1S/C37H43N3O5S/c1-6-29(4)38-37(42)34(24-30-15-8-7-9-16-30)39(25-31-17-11-10-14-28(31)3)36(41)26-40(33-18-12-13-19-35(33)45-5)46(43,44)32-22-20-27(2)21-23-32/h7-23,29,34H,6,24-26H2,1-5H3,(H,38,42). The average molecular weight is 642 g/mol. The molecule has 9 heteroatoms. The van der Waals surface area contributed by atoms with Gasteiger partial charge < -0.3 is 15.0 Å². The highest BCUT2D eigenvalue weighted by molar-refractivity contribution is 7.92. The number of para-hydroxylation sites is 2. The van der Waals surface area contributed by atoms with Crippen LogP contribution in [0.25, 0.3) is 0 Å². The van der Waals surface area contributed by atoms with Crippen molar-refractivity contribution in [2.24, 2.45) is 0 Å². The van der Waals surface area contributed by atoms with E-state index in [4.69, 9.17) is 4.74 Å². The number of ether oxygens (including phenoxy) is 1. The summed E-state index contributed by atoms with van der Waals surface area (Å²) in [7, 11) is -2.78. The van der Waals surface area contributed by atoms with Crippen LogP contribution in [0.1, 0.15) is 42.5 Å². The number of amides is 2. The van der Waals surface area contributed by atoms with Crippen LogP contribution in [0.15, 0.2) is 108 Å². The Kier molecular flexibility index (Phi) is 11.6. The van der Waals surface area contributed by atoms with Gasteiger partial charge in [-0.25, -0.2) is 8.42 Å². The highest BCUT2D eigenvalue weighted by Crippen LogP contribution is 2.33. The maximum absolute atomic E-state index is 14.7. The summed E-state index contributed by atoms with van der Waals surface area (Å²) < 4.78 is 35.2. The van der Waals surface area contributed by atoms with E-state index in [1.807, 2.05) is 82.3 Å². The highest BCUT2D eigenvalue weighted by Gasteiger charge is 2.36. The van der Waals surface area contributed by atoms with E-state index in [2.05, 4.69) is 5.32 Å². The lowest BCUT2D eigenvalue weighted by Crippen LogP contribution is -2.54. The van der Waals surface area contributed by atoms with Crippen molar-refractivity contribution in [3.63, 3.8) is 0 Å². The molecule has 0 radical (unpaired) electrons. The molecule has 0 fully saturated rings. The van der Waals surface area contributed by atoms with Gasteiger partial charge in [0.15, 0.2) is 0 Å². The van der Waals surface area contributed by atoms with Crippen molar-refractivity contribution in [2.45, 2.75) is 64.1 Å². The maximum Gasteiger partial charge on any atom is 0.264 e. The van der Waals surface area contributed by atoms with Gasteiger partial charge in [-0.15, -0.1) is 0 Å². The summed E-state index contributed by atoms with van der Waals surface area (Å²) in [6.45, 7) is 7.29. The fraction of sp³-hybridized carbons (Fsp3) is 0.297. The number of sulfonamides is 1. The first-order valence-corrected chi connectivity index (χ1v) is 16.9. The molecule has 0 aliphatic rings. The third kappa shape index (κ3) is 8.34. The number of rotatable bonds is 14. The van der Waals surface area contributed by atoms with Gasteiger partial charge in [-0.2, -0.15) is 0 Å². The zero-order valence-electron chi connectivity index (χ0n) is 27.1. The monoisotopic (exact) mass is 641 g/mol. The lowest BCUT2D eigenvalue weighted by Gasteiger charge is -2.35. The number of hydrogen-bond acceptors (Lipinski definition) is 5. The molecule has 0 saturated heterocycles. The summed E-state index contributed by atoms with van der Waals surface area (Å²) in [5.74, 6) is -0.526. The van der Waals surface area contributed by atoms with Crippen LogP contribution in [0.2, 0.25) is 0 Å². The minimum absolute atomic E-state index is 0.0395. The minimum Gasteiger partial charge on any atom is -0.495 e. The van der Waals surface area contributed by atoms with Crippen LogP contribution in [-0.2, 0) is 32.6 Å². The Hall–Kier alpha value is -4.63. The molecule has 1 N–H and O–H groups in total. The molecular weight excluding hydrogens is 598 g/mol. The van der Waals surface area contributed by atoms with E-state index in [-0.39, 0.29) is 35.5 Å². The van der Waals surface area contributed by atoms with E-state index in [0.717, 1.165) is 26.6 Å². The smallest absolute Gasteiger partial charge is 0.264 e. The minimum atomic E-state index is -4.24. The number of benzene rings is 4. The molecule has 0 spiro atoms. The summed E-state index contributed by atoms with van der Waals surface area (Å²) in [6.07, 6.45) is 0.964. The summed E-state index contributed by atoms with van der Waals surface area (Å²) in [6, 6.07) is 29.4. The van der Waals surface area contributed by atoms with Crippen molar-refractivity contribution >= 4 is 27.5 Å². The van der Waals surface area contributed by atoms with Crippen molar-refractivity contribution in [1.29, 1.82) is 0 Å². The van der Waals surface area contributed by atoms with E-state index in [0.29, 0.717) is 12.2 Å². The second-order valence-electron chi connectivity index (χ2n) is 11.5. The predicted octanol–water partition coefficient (Wildman–Crippen LogP) is 6.06. The lowest BCUT2D eigenvalue weighted by molar-refractivity contribution is -0.140. The number of carbonyl (C=O) groups is 2. The van der Waals surface area contributed by atoms with E-state index >= 15 is 0 Å². The zero-order chi connectivity index (χ0) is 33.3. The van der Waals surface area contributed by atoms with Gasteiger partial charge in [-0.05, 0) is 68.1 Å². The number of nitrogens with one attached hydrogen (secondary N) is 1. The molecule has 2 atom stereocenters. The molecule has 8 nitrogen and oxygen atoms in total. The normalized spacial score (nSPS) is 12.5. The number of methoxy groups -OCH3 is 1. The molecule has 4 aromatic carbocycles. The largest absolute Gasteiger partial charge is 0.495 e. The molecular formula is C37H43N3O5S. The molecule has 0 bridgehead atoms. The van der Waals surface area contributed by atoms with Gasteiger partial charge in [0.2, 0.25) is 11.8 Å². The van der Waals surface area contributed by atoms with Crippen LogP contribution in [0.5, 0.6) is 5.75 Å². The fourth-order valence-electron chi connectivity index (χ4n) is 5.15. The Bertz CT molecular complexity index is 1730. The van der Waals surface area contributed by atoms with Gasteiger partial charge in [0, 0.05) is 19.0 Å². The first kappa shape index (κ1) is 34.2. The molecule has 46 heavy (non-hydrogen) atoms. The van der Waals surface area contributed by atoms with Crippen molar-refractivity contribution in [3.05, 3.63) is 125 Å². The SMILES string of the molecule is CCC(C)NC(=O)C(Cc1ccccc1)N(Cc1ccccc1C)C(=O)CN(c1ccccc1OC)S(=O)(=O)c1ccc(C)cc1. The fourth-order valence-corrected chi connectivity index (χ4v) is 6.58. The van der Waals surface area contributed by atoms with Crippen LogP contribution < -0.4 is 14.4 Å². The third-order valence-electron chi connectivity index (χ3n) is 8.12. The Morgan fingerprint density at radius 3 is 2.13 bits per heavy atom. The number of nitrogens with zero attached hydrogens (tertiary/aromatic N) is 2. The molecule has 0 aromatic heterocycles. The lowest BCUT2D eigenvalue weighted by atomic mass is 10.0. The second kappa shape index (κ2) is 15.6. The van der Waals surface area contributed by atoms with E-state index in [1.54, 1.807) is 36.4 Å². The second-order valence-corrected chi connectivity index (χ2v) is 13.3. The molecule has 4 rings (SSSR count). The zero-order valence-corrected chi connectivity index (χ0v) is 28.0. The predicted molar refractivity (Wildman–Crippen MR) is 182 cm³/mol. The average Bonchev–Trinajstić information content (AvgIpc) is 3.06. The number of aryl methyl sites for hydroxylation is 2. The van der Waals surface area contributed by atoms with Gasteiger partial charge in [0.1, 0.15) is 18.3 Å². The molecule has 0 saturated carbocycles.